The molecule has 2 aromatic carbocycles. The van der Waals surface area contributed by atoms with Crippen LogP contribution in [0, 0.1) is 11.7 Å². The highest BCUT2D eigenvalue weighted by Crippen LogP contribution is 2.22. The van der Waals surface area contributed by atoms with Crippen molar-refractivity contribution in [1.29, 1.82) is 0 Å². The molecule has 0 aromatic heterocycles. The van der Waals surface area contributed by atoms with Gasteiger partial charge in [0.25, 0.3) is 0 Å². The van der Waals surface area contributed by atoms with Crippen LogP contribution in [0.2, 0.25) is 0 Å². The van der Waals surface area contributed by atoms with E-state index in [1.807, 2.05) is 30.3 Å². The Morgan fingerprint density at radius 1 is 1.00 bits per heavy atom. The Kier molecular flexibility index (Phi) is 8.70. The van der Waals surface area contributed by atoms with Crippen molar-refractivity contribution in [3.8, 4) is 0 Å². The van der Waals surface area contributed by atoms with Crippen molar-refractivity contribution in [2.75, 3.05) is 32.7 Å². The van der Waals surface area contributed by atoms with E-state index in [4.69, 9.17) is 0 Å². The Labute approximate surface area is 212 Å². The van der Waals surface area contributed by atoms with Crippen LogP contribution in [0.4, 0.5) is 4.39 Å². The summed E-state index contributed by atoms with van der Waals surface area (Å²) in [6.07, 6.45) is 2.80. The Bertz CT molecular complexity index is 1030. The largest absolute Gasteiger partial charge is 0.353 e. The van der Waals surface area contributed by atoms with E-state index in [1.165, 1.54) is 19.1 Å². The van der Waals surface area contributed by atoms with Crippen LogP contribution >= 0.6 is 0 Å². The van der Waals surface area contributed by atoms with Gasteiger partial charge in [-0.3, -0.25) is 14.4 Å². The fourth-order valence-corrected chi connectivity index (χ4v) is 4.88. The number of hydrogen-bond donors (Lipinski definition) is 2. The minimum absolute atomic E-state index is 0.00364. The third kappa shape index (κ3) is 7.13. The Morgan fingerprint density at radius 2 is 1.67 bits per heavy atom. The lowest BCUT2D eigenvalue weighted by Gasteiger charge is -2.38. The van der Waals surface area contributed by atoms with Gasteiger partial charge < -0.3 is 20.4 Å². The third-order valence-electron chi connectivity index (χ3n) is 7.18. The van der Waals surface area contributed by atoms with E-state index in [2.05, 4.69) is 15.5 Å². The molecule has 8 heteroatoms. The number of halogens is 1. The van der Waals surface area contributed by atoms with Crippen molar-refractivity contribution in [2.45, 2.75) is 44.7 Å². The first-order valence-corrected chi connectivity index (χ1v) is 12.7. The second-order valence-electron chi connectivity index (χ2n) is 9.87. The van der Waals surface area contributed by atoms with Gasteiger partial charge in [0.1, 0.15) is 5.82 Å². The summed E-state index contributed by atoms with van der Waals surface area (Å²) in [5.41, 5.74) is 1.88. The molecule has 2 heterocycles. The van der Waals surface area contributed by atoms with Crippen molar-refractivity contribution in [2.24, 2.45) is 5.92 Å². The molecule has 3 amide bonds. The summed E-state index contributed by atoms with van der Waals surface area (Å²) in [7, 11) is 0. The molecule has 1 atom stereocenters. The molecular weight excluding hydrogens is 459 g/mol. The minimum atomic E-state index is -0.303. The van der Waals surface area contributed by atoms with Crippen LogP contribution in [0.1, 0.15) is 43.4 Å². The molecular formula is C28H35FN4O3. The van der Waals surface area contributed by atoms with Crippen LogP contribution in [-0.4, -0.2) is 66.3 Å². The smallest absolute Gasteiger partial charge is 0.227 e. The predicted molar refractivity (Wildman–Crippen MR) is 135 cm³/mol. The van der Waals surface area contributed by atoms with Gasteiger partial charge in [0.15, 0.2) is 0 Å². The molecule has 0 bridgehead atoms. The lowest BCUT2D eigenvalue weighted by Crippen LogP contribution is -2.55. The second kappa shape index (κ2) is 12.1. The molecule has 2 fully saturated rings. The van der Waals surface area contributed by atoms with E-state index in [1.54, 1.807) is 17.0 Å². The highest BCUT2D eigenvalue weighted by atomic mass is 19.1. The highest BCUT2D eigenvalue weighted by molar-refractivity contribution is 5.84. The average Bonchev–Trinajstić information content (AvgIpc) is 2.83. The normalized spacial score (nSPS) is 17.8. The molecule has 2 N–H and O–H groups in total. The number of carbonyl (C=O) groups excluding carboxylic acids is 3. The van der Waals surface area contributed by atoms with E-state index in [9.17, 15) is 18.8 Å². The number of benzene rings is 2. The molecule has 4 rings (SSSR count). The van der Waals surface area contributed by atoms with Gasteiger partial charge >= 0.3 is 0 Å². The maximum absolute atomic E-state index is 13.1. The first kappa shape index (κ1) is 25.8. The SMILES string of the molecule is CC(=O)N1CC(C(=O)N[C@@H](CCN2CCC(NC(=O)Cc3ccc(F)cc3)CC2)c2ccccc2)C1. The lowest BCUT2D eigenvalue weighted by molar-refractivity contribution is -0.141. The topological polar surface area (TPSA) is 81.8 Å². The van der Waals surface area contributed by atoms with Crippen molar-refractivity contribution < 1.29 is 18.8 Å². The number of nitrogens with one attached hydrogen (secondary N) is 2. The average molecular weight is 495 g/mol. The minimum Gasteiger partial charge on any atom is -0.353 e. The Morgan fingerprint density at radius 3 is 2.31 bits per heavy atom. The van der Waals surface area contributed by atoms with Gasteiger partial charge in [-0.05, 0) is 42.5 Å². The summed E-state index contributed by atoms with van der Waals surface area (Å²) in [5, 5.41) is 6.32. The summed E-state index contributed by atoms with van der Waals surface area (Å²) in [6, 6.07) is 16.1. The third-order valence-corrected chi connectivity index (χ3v) is 7.18. The first-order chi connectivity index (χ1) is 17.4. The molecule has 2 saturated heterocycles. The van der Waals surface area contributed by atoms with E-state index in [-0.39, 0.29) is 48.0 Å². The zero-order valence-electron chi connectivity index (χ0n) is 20.8. The van der Waals surface area contributed by atoms with E-state index < -0.39 is 0 Å². The number of amides is 3. The fraction of sp³-hybridized carbons (Fsp3) is 0.464. The van der Waals surface area contributed by atoms with Gasteiger partial charge in [0, 0.05) is 45.7 Å². The second-order valence-corrected chi connectivity index (χ2v) is 9.87. The number of likely N-dealkylation sites (tertiary alicyclic amines) is 2. The van der Waals surface area contributed by atoms with E-state index in [0.717, 1.165) is 50.0 Å². The molecule has 0 saturated carbocycles. The van der Waals surface area contributed by atoms with Crippen LogP contribution in [0.5, 0.6) is 0 Å². The first-order valence-electron chi connectivity index (χ1n) is 12.7. The van der Waals surface area contributed by atoms with E-state index >= 15 is 0 Å². The number of nitrogens with zero attached hydrogens (tertiary/aromatic N) is 2. The Balaban J connectivity index is 1.22. The maximum atomic E-state index is 13.1. The van der Waals surface area contributed by atoms with Gasteiger partial charge in [0.2, 0.25) is 17.7 Å². The molecule has 2 aromatic rings. The maximum Gasteiger partial charge on any atom is 0.227 e. The van der Waals surface area contributed by atoms with Gasteiger partial charge in [-0.15, -0.1) is 0 Å². The van der Waals surface area contributed by atoms with E-state index in [0.29, 0.717) is 13.1 Å². The van der Waals surface area contributed by atoms with Crippen LogP contribution in [0.25, 0.3) is 0 Å². The molecule has 2 aliphatic heterocycles. The number of rotatable bonds is 9. The molecule has 0 spiro atoms. The van der Waals surface area contributed by atoms with Crippen LogP contribution < -0.4 is 10.6 Å². The number of carbonyl (C=O) groups is 3. The highest BCUT2D eigenvalue weighted by Gasteiger charge is 2.35. The van der Waals surface area contributed by atoms with Crippen LogP contribution in [0.15, 0.2) is 54.6 Å². The van der Waals surface area contributed by atoms with Crippen molar-refractivity contribution >= 4 is 17.7 Å². The zero-order chi connectivity index (χ0) is 25.5. The summed E-state index contributed by atoms with van der Waals surface area (Å²) in [4.78, 5) is 40.7. The standard InChI is InChI=1S/C28H35FN4O3/c1-20(34)33-18-23(19-33)28(36)31-26(22-5-3-2-4-6-22)13-16-32-14-11-25(12-15-32)30-27(35)17-21-7-9-24(29)10-8-21/h2-10,23,25-26H,11-19H2,1H3,(H,30,35)(H,31,36)/t26-/m0/s1. The Hall–Kier alpha value is -3.26. The van der Waals surface area contributed by atoms with Gasteiger partial charge in [-0.1, -0.05) is 42.5 Å². The van der Waals surface area contributed by atoms with Crippen LogP contribution in [-0.2, 0) is 20.8 Å². The summed E-state index contributed by atoms with van der Waals surface area (Å²) < 4.78 is 13.1. The lowest BCUT2D eigenvalue weighted by atomic mass is 9.96. The predicted octanol–water partition coefficient (Wildman–Crippen LogP) is 2.67. The molecule has 0 radical (unpaired) electrons. The molecule has 36 heavy (non-hydrogen) atoms. The van der Waals surface area contributed by atoms with Gasteiger partial charge in [-0.2, -0.15) is 0 Å². The fourth-order valence-electron chi connectivity index (χ4n) is 4.88. The molecule has 0 unspecified atom stereocenters. The summed E-state index contributed by atoms with van der Waals surface area (Å²) in [5.74, 6) is -0.471. The van der Waals surface area contributed by atoms with Crippen molar-refractivity contribution in [1.82, 2.24) is 20.4 Å². The molecule has 192 valence electrons. The number of hydrogen-bond acceptors (Lipinski definition) is 4. The summed E-state index contributed by atoms with van der Waals surface area (Å²) >= 11 is 0. The number of piperidine rings is 1. The quantitative estimate of drug-likeness (QED) is 0.562. The monoisotopic (exact) mass is 494 g/mol. The molecule has 7 nitrogen and oxygen atoms in total. The van der Waals surface area contributed by atoms with Crippen molar-refractivity contribution in [3.63, 3.8) is 0 Å². The van der Waals surface area contributed by atoms with Gasteiger partial charge in [0.05, 0.1) is 18.4 Å². The van der Waals surface area contributed by atoms with Crippen molar-refractivity contribution in [3.05, 3.63) is 71.5 Å². The van der Waals surface area contributed by atoms with Crippen LogP contribution in [0.3, 0.4) is 0 Å². The van der Waals surface area contributed by atoms with Gasteiger partial charge in [-0.25, -0.2) is 4.39 Å². The zero-order valence-corrected chi connectivity index (χ0v) is 20.8. The molecule has 0 aliphatic carbocycles. The molecule has 2 aliphatic rings. The summed E-state index contributed by atoms with van der Waals surface area (Å²) in [6.45, 7) is 5.12.